The van der Waals surface area contributed by atoms with Gasteiger partial charge in [0.25, 0.3) is 5.69 Å². The number of hydrogen-bond donors (Lipinski definition) is 1. The second-order valence-corrected chi connectivity index (χ2v) is 3.69. The molecule has 0 saturated heterocycles. The fourth-order valence-corrected chi connectivity index (χ4v) is 1.74. The molecular formula is C11H7N3O4. The van der Waals surface area contributed by atoms with Crippen molar-refractivity contribution in [2.45, 2.75) is 0 Å². The van der Waals surface area contributed by atoms with Crippen LogP contribution >= 0.6 is 0 Å². The minimum Gasteiger partial charge on any atom is -0.472 e. The van der Waals surface area contributed by atoms with Gasteiger partial charge in [-0.3, -0.25) is 10.1 Å². The molecule has 3 aromatic rings. The first-order valence-electron chi connectivity index (χ1n) is 5.05. The van der Waals surface area contributed by atoms with E-state index < -0.39 is 4.92 Å². The summed E-state index contributed by atoms with van der Waals surface area (Å²) in [6.45, 7) is 0. The predicted molar refractivity (Wildman–Crippen MR) is 61.3 cm³/mol. The van der Waals surface area contributed by atoms with E-state index in [1.165, 1.54) is 30.7 Å². The number of fused-ring (bicyclic) bond motifs is 1. The van der Waals surface area contributed by atoms with E-state index in [-0.39, 0.29) is 17.0 Å². The fraction of sp³-hybridized carbons (Fsp3) is 0. The SMILES string of the molecule is O=[N+]([O-])c1ccc2nc(-c3ccoc3)n(O)c2c1. The van der Waals surface area contributed by atoms with Gasteiger partial charge in [-0.05, 0) is 12.1 Å². The maximum absolute atomic E-state index is 10.7. The van der Waals surface area contributed by atoms with E-state index in [0.717, 1.165) is 4.73 Å². The number of nitrogens with zero attached hydrogens (tertiary/aromatic N) is 3. The molecule has 0 amide bonds. The zero-order chi connectivity index (χ0) is 12.7. The van der Waals surface area contributed by atoms with Crippen molar-refractivity contribution in [1.29, 1.82) is 0 Å². The Hall–Kier alpha value is -2.83. The van der Waals surface area contributed by atoms with E-state index in [1.807, 2.05) is 0 Å². The minimum absolute atomic E-state index is 0.101. The average Bonchev–Trinajstić information content (AvgIpc) is 2.97. The lowest BCUT2D eigenvalue weighted by Gasteiger charge is -1.96. The van der Waals surface area contributed by atoms with Crippen LogP contribution in [0.25, 0.3) is 22.4 Å². The molecule has 0 unspecified atom stereocenters. The first-order valence-corrected chi connectivity index (χ1v) is 5.05. The predicted octanol–water partition coefficient (Wildman–Crippen LogP) is 2.44. The van der Waals surface area contributed by atoms with Gasteiger partial charge in [-0.2, -0.15) is 4.73 Å². The lowest BCUT2D eigenvalue weighted by atomic mass is 10.3. The monoisotopic (exact) mass is 245 g/mol. The molecule has 18 heavy (non-hydrogen) atoms. The van der Waals surface area contributed by atoms with Crippen molar-refractivity contribution < 1.29 is 14.5 Å². The van der Waals surface area contributed by atoms with Gasteiger partial charge < -0.3 is 9.62 Å². The lowest BCUT2D eigenvalue weighted by molar-refractivity contribution is -0.384. The van der Waals surface area contributed by atoms with Crippen molar-refractivity contribution in [2.24, 2.45) is 0 Å². The molecule has 7 nitrogen and oxygen atoms in total. The number of aromatic nitrogens is 2. The van der Waals surface area contributed by atoms with Crippen LogP contribution in [-0.2, 0) is 0 Å². The molecule has 0 atom stereocenters. The van der Waals surface area contributed by atoms with Crippen LogP contribution in [0.5, 0.6) is 0 Å². The second kappa shape index (κ2) is 3.59. The summed E-state index contributed by atoms with van der Waals surface area (Å²) in [6.07, 6.45) is 2.89. The highest BCUT2D eigenvalue weighted by Crippen LogP contribution is 2.26. The molecule has 0 radical (unpaired) electrons. The Morgan fingerprint density at radius 2 is 2.22 bits per heavy atom. The van der Waals surface area contributed by atoms with E-state index in [0.29, 0.717) is 11.1 Å². The summed E-state index contributed by atoms with van der Waals surface area (Å²) >= 11 is 0. The lowest BCUT2D eigenvalue weighted by Crippen LogP contribution is -1.94. The van der Waals surface area contributed by atoms with Crippen molar-refractivity contribution in [2.75, 3.05) is 0 Å². The summed E-state index contributed by atoms with van der Waals surface area (Å²) in [4.78, 5) is 14.3. The maximum atomic E-state index is 10.7. The van der Waals surface area contributed by atoms with Crippen LogP contribution in [0.2, 0.25) is 0 Å². The molecule has 1 aromatic carbocycles. The molecule has 0 spiro atoms. The van der Waals surface area contributed by atoms with Gasteiger partial charge >= 0.3 is 0 Å². The van der Waals surface area contributed by atoms with E-state index in [9.17, 15) is 15.3 Å². The fourth-order valence-electron chi connectivity index (χ4n) is 1.74. The third kappa shape index (κ3) is 1.41. The number of rotatable bonds is 2. The topological polar surface area (TPSA) is 94.3 Å². The van der Waals surface area contributed by atoms with Gasteiger partial charge in [-0.15, -0.1) is 0 Å². The first kappa shape index (κ1) is 10.3. The number of furan rings is 1. The molecular weight excluding hydrogens is 238 g/mol. The van der Waals surface area contributed by atoms with Crippen LogP contribution in [0.4, 0.5) is 5.69 Å². The molecule has 3 rings (SSSR count). The number of nitro groups is 1. The normalized spacial score (nSPS) is 10.9. The van der Waals surface area contributed by atoms with Gasteiger partial charge in [0, 0.05) is 12.1 Å². The molecule has 0 aliphatic rings. The number of non-ortho nitro benzene ring substituents is 1. The van der Waals surface area contributed by atoms with Gasteiger partial charge in [0.05, 0.1) is 22.3 Å². The molecule has 0 aliphatic carbocycles. The number of benzene rings is 1. The largest absolute Gasteiger partial charge is 0.472 e. The van der Waals surface area contributed by atoms with E-state index >= 15 is 0 Å². The molecule has 90 valence electrons. The molecule has 7 heteroatoms. The van der Waals surface area contributed by atoms with Crippen LogP contribution < -0.4 is 0 Å². The molecule has 0 aliphatic heterocycles. The second-order valence-electron chi connectivity index (χ2n) is 3.69. The van der Waals surface area contributed by atoms with Crippen molar-refractivity contribution >= 4 is 16.7 Å². The van der Waals surface area contributed by atoms with Gasteiger partial charge in [0.15, 0.2) is 5.82 Å². The Labute approximate surface area is 100 Å². The third-order valence-electron chi connectivity index (χ3n) is 2.60. The van der Waals surface area contributed by atoms with Crippen molar-refractivity contribution in [3.8, 4) is 11.4 Å². The Balaban J connectivity index is 2.25. The van der Waals surface area contributed by atoms with Crippen molar-refractivity contribution in [3.63, 3.8) is 0 Å². The molecule has 0 saturated carbocycles. The number of hydrogen-bond acceptors (Lipinski definition) is 5. The summed E-state index contributed by atoms with van der Waals surface area (Å²) in [5, 5.41) is 20.6. The van der Waals surface area contributed by atoms with Crippen molar-refractivity contribution in [3.05, 3.63) is 46.9 Å². The summed E-state index contributed by atoms with van der Waals surface area (Å²) in [6, 6.07) is 5.74. The van der Waals surface area contributed by atoms with Crippen LogP contribution in [-0.4, -0.2) is 19.8 Å². The molecule has 2 heterocycles. The van der Waals surface area contributed by atoms with Gasteiger partial charge in [-0.1, -0.05) is 0 Å². The Bertz CT molecular complexity index is 730. The quantitative estimate of drug-likeness (QED) is 0.425. The van der Waals surface area contributed by atoms with E-state index in [2.05, 4.69) is 4.98 Å². The number of imidazole rings is 1. The van der Waals surface area contributed by atoms with Crippen LogP contribution in [0, 0.1) is 10.1 Å². The summed E-state index contributed by atoms with van der Waals surface area (Å²) in [7, 11) is 0. The molecule has 0 fully saturated rings. The molecule has 2 aromatic heterocycles. The summed E-state index contributed by atoms with van der Waals surface area (Å²) < 4.78 is 5.72. The Morgan fingerprint density at radius 3 is 2.89 bits per heavy atom. The van der Waals surface area contributed by atoms with E-state index in [4.69, 9.17) is 4.42 Å². The highest BCUT2D eigenvalue weighted by Gasteiger charge is 2.16. The van der Waals surface area contributed by atoms with Crippen LogP contribution in [0.3, 0.4) is 0 Å². The smallest absolute Gasteiger partial charge is 0.271 e. The summed E-state index contributed by atoms with van der Waals surface area (Å²) in [5.74, 6) is 0.277. The average molecular weight is 245 g/mol. The summed E-state index contributed by atoms with van der Waals surface area (Å²) in [5.41, 5.74) is 1.24. The van der Waals surface area contributed by atoms with Crippen LogP contribution in [0.15, 0.2) is 41.2 Å². The highest BCUT2D eigenvalue weighted by atomic mass is 16.6. The standard InChI is InChI=1S/C11H7N3O4/c15-13-10-5-8(14(16)17)1-2-9(10)12-11(13)7-3-4-18-6-7/h1-6,15H. The molecule has 0 bridgehead atoms. The zero-order valence-corrected chi connectivity index (χ0v) is 8.98. The minimum atomic E-state index is -0.524. The Kier molecular flexibility index (Phi) is 2.06. The number of nitro benzene ring substituents is 1. The third-order valence-corrected chi connectivity index (χ3v) is 2.60. The van der Waals surface area contributed by atoms with Gasteiger partial charge in [0.2, 0.25) is 0 Å². The zero-order valence-electron chi connectivity index (χ0n) is 8.98. The maximum Gasteiger partial charge on any atom is 0.271 e. The van der Waals surface area contributed by atoms with Crippen molar-refractivity contribution in [1.82, 2.24) is 9.71 Å². The highest BCUT2D eigenvalue weighted by molar-refractivity contribution is 5.82. The van der Waals surface area contributed by atoms with Crippen LogP contribution in [0.1, 0.15) is 0 Å². The van der Waals surface area contributed by atoms with Gasteiger partial charge in [0.1, 0.15) is 11.8 Å². The molecule has 1 N–H and O–H groups in total. The Morgan fingerprint density at radius 1 is 1.39 bits per heavy atom. The first-order chi connectivity index (χ1) is 8.66. The van der Waals surface area contributed by atoms with Gasteiger partial charge in [-0.25, -0.2) is 4.98 Å². The van der Waals surface area contributed by atoms with E-state index in [1.54, 1.807) is 6.07 Å².